The molecule has 0 amide bonds. The summed E-state index contributed by atoms with van der Waals surface area (Å²) in [7, 11) is 0. The zero-order valence-corrected chi connectivity index (χ0v) is 22.2. The van der Waals surface area contributed by atoms with Gasteiger partial charge in [0.2, 0.25) is 0 Å². The molecule has 0 bridgehead atoms. The Bertz CT molecular complexity index is 889. The molecule has 2 heterocycles. The predicted molar refractivity (Wildman–Crippen MR) is 142 cm³/mol. The molecule has 1 saturated carbocycles. The summed E-state index contributed by atoms with van der Waals surface area (Å²) in [5, 5.41) is 11.5. The maximum absolute atomic E-state index is 6.13. The molecule has 1 aromatic carbocycles. The van der Waals surface area contributed by atoms with Gasteiger partial charge in [0.1, 0.15) is 12.4 Å². The highest BCUT2D eigenvalue weighted by molar-refractivity contribution is 14.0. The van der Waals surface area contributed by atoms with E-state index in [9.17, 15) is 0 Å². The summed E-state index contributed by atoms with van der Waals surface area (Å²) in [4.78, 5) is 4.80. The lowest BCUT2D eigenvalue weighted by molar-refractivity contribution is 0.0676. The number of guanidine groups is 1. The van der Waals surface area contributed by atoms with Crippen LogP contribution in [-0.4, -0.2) is 41.6 Å². The summed E-state index contributed by atoms with van der Waals surface area (Å²) in [6.07, 6.45) is 9.62. The number of aromatic nitrogens is 2. The van der Waals surface area contributed by atoms with Crippen LogP contribution >= 0.6 is 24.0 Å². The first-order valence-electron chi connectivity index (χ1n) is 12.1. The van der Waals surface area contributed by atoms with Crippen molar-refractivity contribution in [2.45, 2.75) is 77.6 Å². The van der Waals surface area contributed by atoms with Crippen LogP contribution < -0.4 is 15.4 Å². The number of hydrogen-bond donors (Lipinski definition) is 2. The van der Waals surface area contributed by atoms with E-state index in [0.29, 0.717) is 25.7 Å². The molecule has 7 nitrogen and oxygen atoms in total. The third kappa shape index (κ3) is 7.60. The lowest BCUT2D eigenvalue weighted by atomic mass is 10.1. The van der Waals surface area contributed by atoms with Crippen molar-refractivity contribution >= 4 is 29.9 Å². The molecule has 1 aliphatic heterocycles. The van der Waals surface area contributed by atoms with Gasteiger partial charge in [-0.05, 0) is 57.2 Å². The molecule has 0 radical (unpaired) electrons. The van der Waals surface area contributed by atoms with Gasteiger partial charge in [-0.2, -0.15) is 5.10 Å². The van der Waals surface area contributed by atoms with Crippen molar-refractivity contribution in [3.63, 3.8) is 0 Å². The van der Waals surface area contributed by atoms with Crippen molar-refractivity contribution in [3.05, 3.63) is 47.3 Å². The van der Waals surface area contributed by atoms with Gasteiger partial charge in [0.05, 0.1) is 30.9 Å². The third-order valence-corrected chi connectivity index (χ3v) is 6.22. The molecule has 0 spiro atoms. The molecular formula is C25H38IN5O2. The van der Waals surface area contributed by atoms with Crippen LogP contribution in [0.1, 0.15) is 68.3 Å². The monoisotopic (exact) mass is 567 g/mol. The second-order valence-electron chi connectivity index (χ2n) is 8.83. The molecule has 4 rings (SSSR count). The van der Waals surface area contributed by atoms with E-state index in [1.165, 1.54) is 31.2 Å². The topological polar surface area (TPSA) is 72.7 Å². The maximum Gasteiger partial charge on any atom is 0.191 e. The Balaban J connectivity index is 0.00000306. The summed E-state index contributed by atoms with van der Waals surface area (Å²) < 4.78 is 14.0. The normalized spacial score (nSPS) is 18.8. The van der Waals surface area contributed by atoms with E-state index in [2.05, 4.69) is 59.6 Å². The molecule has 2 aliphatic rings. The van der Waals surface area contributed by atoms with Gasteiger partial charge in [0.25, 0.3) is 0 Å². The van der Waals surface area contributed by atoms with E-state index in [1.807, 2.05) is 0 Å². The lowest BCUT2D eigenvalue weighted by Crippen LogP contribution is -2.37. The van der Waals surface area contributed by atoms with Crippen molar-refractivity contribution in [1.82, 2.24) is 20.4 Å². The molecule has 1 unspecified atom stereocenters. The number of aryl methyl sites for hydroxylation is 1. The Morgan fingerprint density at radius 3 is 2.79 bits per heavy atom. The highest BCUT2D eigenvalue weighted by Crippen LogP contribution is 2.28. The van der Waals surface area contributed by atoms with Crippen LogP contribution in [0.3, 0.4) is 0 Å². The summed E-state index contributed by atoms with van der Waals surface area (Å²) in [5.74, 6) is 1.68. The zero-order chi connectivity index (χ0) is 22.2. The molecule has 1 saturated heterocycles. The van der Waals surface area contributed by atoms with E-state index in [-0.39, 0.29) is 30.1 Å². The smallest absolute Gasteiger partial charge is 0.191 e. The first-order valence-corrected chi connectivity index (χ1v) is 12.1. The fraction of sp³-hybridized carbons (Fsp3) is 0.600. The quantitative estimate of drug-likeness (QED) is 0.260. The van der Waals surface area contributed by atoms with E-state index < -0.39 is 0 Å². The van der Waals surface area contributed by atoms with Gasteiger partial charge < -0.3 is 20.1 Å². The molecule has 1 aliphatic carbocycles. The minimum absolute atomic E-state index is 0. The van der Waals surface area contributed by atoms with Crippen LogP contribution in [0.4, 0.5) is 0 Å². The Labute approximate surface area is 214 Å². The third-order valence-electron chi connectivity index (χ3n) is 6.22. The van der Waals surface area contributed by atoms with E-state index in [0.717, 1.165) is 49.0 Å². The highest BCUT2D eigenvalue weighted by Gasteiger charge is 2.18. The van der Waals surface area contributed by atoms with Gasteiger partial charge in [-0.25, -0.2) is 4.99 Å². The highest BCUT2D eigenvalue weighted by atomic mass is 127. The average Bonchev–Trinajstić information content (AvgIpc) is 3.57. The number of rotatable bonds is 9. The lowest BCUT2D eigenvalue weighted by Gasteiger charge is -2.15. The SMILES string of the molecule is CCNC(=NCc1ccc(C)cc1OCC1CCCO1)NCc1ccn(C2CCCC2)n1.I. The molecule has 182 valence electrons. The number of nitrogens with zero attached hydrogens (tertiary/aromatic N) is 3. The van der Waals surface area contributed by atoms with Gasteiger partial charge in [-0.15, -0.1) is 24.0 Å². The first-order chi connectivity index (χ1) is 15.7. The van der Waals surface area contributed by atoms with E-state index in [1.54, 1.807) is 0 Å². The number of halogens is 1. The van der Waals surface area contributed by atoms with E-state index in [4.69, 9.17) is 19.6 Å². The van der Waals surface area contributed by atoms with Gasteiger partial charge >= 0.3 is 0 Å². The number of hydrogen-bond acceptors (Lipinski definition) is 4. The Hall–Kier alpha value is -1.81. The van der Waals surface area contributed by atoms with Crippen molar-refractivity contribution in [1.29, 1.82) is 0 Å². The fourth-order valence-electron chi connectivity index (χ4n) is 4.41. The minimum Gasteiger partial charge on any atom is -0.491 e. The Morgan fingerprint density at radius 2 is 2.03 bits per heavy atom. The zero-order valence-electron chi connectivity index (χ0n) is 19.9. The number of benzene rings is 1. The van der Waals surface area contributed by atoms with Gasteiger partial charge in [0, 0.05) is 24.9 Å². The van der Waals surface area contributed by atoms with Gasteiger partial charge in [-0.1, -0.05) is 25.0 Å². The van der Waals surface area contributed by atoms with Crippen LogP contribution in [0, 0.1) is 6.92 Å². The Morgan fingerprint density at radius 1 is 1.18 bits per heavy atom. The minimum atomic E-state index is 0. The van der Waals surface area contributed by atoms with Crippen molar-refractivity contribution in [2.24, 2.45) is 4.99 Å². The average molecular weight is 568 g/mol. The second-order valence-corrected chi connectivity index (χ2v) is 8.83. The fourth-order valence-corrected chi connectivity index (χ4v) is 4.41. The van der Waals surface area contributed by atoms with Crippen LogP contribution in [-0.2, 0) is 17.8 Å². The molecule has 1 aromatic heterocycles. The molecular weight excluding hydrogens is 529 g/mol. The molecule has 33 heavy (non-hydrogen) atoms. The summed E-state index contributed by atoms with van der Waals surface area (Å²) in [6.45, 7) is 7.61. The van der Waals surface area contributed by atoms with Crippen LogP contribution in [0.2, 0.25) is 0 Å². The Kier molecular flexibility index (Phi) is 10.3. The largest absolute Gasteiger partial charge is 0.491 e. The predicted octanol–water partition coefficient (Wildman–Crippen LogP) is 4.74. The molecule has 2 N–H and O–H groups in total. The summed E-state index contributed by atoms with van der Waals surface area (Å²) in [6, 6.07) is 8.98. The summed E-state index contributed by atoms with van der Waals surface area (Å²) in [5.41, 5.74) is 3.30. The van der Waals surface area contributed by atoms with Crippen LogP contribution in [0.5, 0.6) is 5.75 Å². The van der Waals surface area contributed by atoms with E-state index >= 15 is 0 Å². The number of ether oxygens (including phenoxy) is 2. The van der Waals surface area contributed by atoms with Crippen molar-refractivity contribution in [2.75, 3.05) is 19.8 Å². The molecule has 2 fully saturated rings. The maximum atomic E-state index is 6.13. The van der Waals surface area contributed by atoms with Crippen molar-refractivity contribution in [3.8, 4) is 5.75 Å². The summed E-state index contributed by atoms with van der Waals surface area (Å²) >= 11 is 0. The standard InChI is InChI=1S/C25H37N5O2.HI/c1-3-26-25(28-17-21-12-13-30(29-21)22-7-4-5-8-22)27-16-20-11-10-19(2)15-24(20)32-18-23-9-6-14-31-23;/h10-13,15,22-23H,3-9,14,16-18H2,1-2H3,(H2,26,27,28);1H. The number of aliphatic imine (C=N–C) groups is 1. The van der Waals surface area contributed by atoms with Crippen LogP contribution in [0.25, 0.3) is 0 Å². The molecule has 1 atom stereocenters. The molecule has 8 heteroatoms. The van der Waals surface area contributed by atoms with Gasteiger partial charge in [-0.3, -0.25) is 4.68 Å². The van der Waals surface area contributed by atoms with Crippen molar-refractivity contribution < 1.29 is 9.47 Å². The molecule has 2 aromatic rings. The van der Waals surface area contributed by atoms with Gasteiger partial charge in [0.15, 0.2) is 5.96 Å². The second kappa shape index (κ2) is 13.2. The van der Waals surface area contributed by atoms with Crippen LogP contribution in [0.15, 0.2) is 35.5 Å². The number of nitrogens with one attached hydrogen (secondary N) is 2. The first kappa shape index (κ1) is 25.8.